The fourth-order valence-electron chi connectivity index (χ4n) is 2.64. The normalized spacial score (nSPS) is 19.4. The Kier molecular flexibility index (Phi) is 2.80. The lowest BCUT2D eigenvalue weighted by atomic mass is 10.1. The third-order valence-corrected chi connectivity index (χ3v) is 3.58. The first-order valence-corrected chi connectivity index (χ1v) is 6.25. The topological polar surface area (TPSA) is 54.3 Å². The summed E-state index contributed by atoms with van der Waals surface area (Å²) >= 11 is 0. The maximum absolute atomic E-state index is 11.2. The molecule has 1 aromatic carbocycles. The van der Waals surface area contributed by atoms with E-state index < -0.39 is 0 Å². The average molecular weight is 244 g/mol. The van der Waals surface area contributed by atoms with Crippen molar-refractivity contribution in [3.63, 3.8) is 0 Å². The second kappa shape index (κ2) is 4.46. The van der Waals surface area contributed by atoms with Gasteiger partial charge in [0.1, 0.15) is 0 Å². The molecule has 0 bridgehead atoms. The van der Waals surface area contributed by atoms with Crippen molar-refractivity contribution >= 4 is 16.8 Å². The molecule has 4 heteroatoms. The van der Waals surface area contributed by atoms with E-state index in [2.05, 4.69) is 9.88 Å². The number of nitrogens with one attached hydrogen (secondary N) is 1. The fraction of sp³-hybridized carbons (Fsp3) is 0.357. The SMILES string of the molecule is O=C1CCC(Cn2ccc3c(CO)cccc32)N1. The first kappa shape index (κ1) is 11.3. The molecule has 2 aromatic rings. The Labute approximate surface area is 105 Å². The van der Waals surface area contributed by atoms with Crippen LogP contribution < -0.4 is 5.32 Å². The van der Waals surface area contributed by atoms with E-state index in [0.717, 1.165) is 29.4 Å². The molecule has 4 nitrogen and oxygen atoms in total. The van der Waals surface area contributed by atoms with Crippen LogP contribution in [-0.2, 0) is 17.9 Å². The number of aliphatic hydroxyl groups is 1. The molecule has 1 fully saturated rings. The van der Waals surface area contributed by atoms with Gasteiger partial charge in [-0.25, -0.2) is 0 Å². The number of nitrogens with zero attached hydrogens (tertiary/aromatic N) is 1. The zero-order valence-corrected chi connectivity index (χ0v) is 10.1. The molecule has 2 heterocycles. The number of aromatic nitrogens is 1. The van der Waals surface area contributed by atoms with Gasteiger partial charge in [0.05, 0.1) is 6.61 Å². The highest BCUT2D eigenvalue weighted by Crippen LogP contribution is 2.21. The summed E-state index contributed by atoms with van der Waals surface area (Å²) in [6.07, 6.45) is 3.55. The second-order valence-corrected chi connectivity index (χ2v) is 4.78. The van der Waals surface area contributed by atoms with Gasteiger partial charge in [0.25, 0.3) is 0 Å². The summed E-state index contributed by atoms with van der Waals surface area (Å²) in [6, 6.07) is 8.19. The Morgan fingerprint density at radius 3 is 3.00 bits per heavy atom. The lowest BCUT2D eigenvalue weighted by molar-refractivity contribution is -0.119. The number of fused-ring (bicyclic) bond motifs is 1. The predicted octanol–water partition coefficient (Wildman–Crippen LogP) is 1.41. The van der Waals surface area contributed by atoms with E-state index in [4.69, 9.17) is 0 Å². The summed E-state index contributed by atoms with van der Waals surface area (Å²) in [5, 5.41) is 13.4. The minimum absolute atomic E-state index is 0.0571. The summed E-state index contributed by atoms with van der Waals surface area (Å²) in [6.45, 7) is 0.853. The van der Waals surface area contributed by atoms with E-state index in [1.165, 1.54) is 0 Å². The highest BCUT2D eigenvalue weighted by Gasteiger charge is 2.21. The molecule has 1 atom stereocenters. The highest BCUT2D eigenvalue weighted by molar-refractivity contribution is 5.83. The van der Waals surface area contributed by atoms with Crippen LogP contribution in [0.2, 0.25) is 0 Å². The van der Waals surface area contributed by atoms with Gasteiger partial charge in [-0.15, -0.1) is 0 Å². The molecule has 0 radical (unpaired) electrons. The summed E-state index contributed by atoms with van der Waals surface area (Å²) < 4.78 is 2.14. The molecule has 1 amide bonds. The molecular weight excluding hydrogens is 228 g/mol. The number of rotatable bonds is 3. The molecule has 18 heavy (non-hydrogen) atoms. The van der Waals surface area contributed by atoms with Crippen LogP contribution in [0.5, 0.6) is 0 Å². The molecule has 3 rings (SSSR count). The zero-order valence-electron chi connectivity index (χ0n) is 10.1. The average Bonchev–Trinajstić information content (AvgIpc) is 2.97. The molecular formula is C14H16N2O2. The third-order valence-electron chi connectivity index (χ3n) is 3.58. The molecule has 1 saturated heterocycles. The van der Waals surface area contributed by atoms with Crippen molar-refractivity contribution in [1.82, 2.24) is 9.88 Å². The molecule has 2 N–H and O–H groups in total. The molecule has 0 spiro atoms. The van der Waals surface area contributed by atoms with Crippen molar-refractivity contribution in [2.24, 2.45) is 0 Å². The smallest absolute Gasteiger partial charge is 0.220 e. The predicted molar refractivity (Wildman–Crippen MR) is 69.0 cm³/mol. The van der Waals surface area contributed by atoms with Crippen molar-refractivity contribution in [2.75, 3.05) is 0 Å². The maximum Gasteiger partial charge on any atom is 0.220 e. The van der Waals surface area contributed by atoms with E-state index in [0.29, 0.717) is 6.42 Å². The Morgan fingerprint density at radius 2 is 2.28 bits per heavy atom. The standard InChI is InChI=1S/C14H16N2O2/c17-9-10-2-1-3-13-12(10)6-7-16(13)8-11-4-5-14(18)15-11/h1-3,6-7,11,17H,4-5,8-9H2,(H,15,18). The number of hydrogen-bond acceptors (Lipinski definition) is 2. The van der Waals surface area contributed by atoms with Gasteiger partial charge in [-0.3, -0.25) is 4.79 Å². The minimum atomic E-state index is 0.0571. The molecule has 94 valence electrons. The number of hydrogen-bond donors (Lipinski definition) is 2. The van der Waals surface area contributed by atoms with Gasteiger partial charge in [0, 0.05) is 36.1 Å². The molecule has 1 aromatic heterocycles. The van der Waals surface area contributed by atoms with Crippen LogP contribution >= 0.6 is 0 Å². The van der Waals surface area contributed by atoms with Crippen LogP contribution in [0.4, 0.5) is 0 Å². The maximum atomic E-state index is 11.2. The second-order valence-electron chi connectivity index (χ2n) is 4.78. The van der Waals surface area contributed by atoms with Crippen molar-refractivity contribution in [1.29, 1.82) is 0 Å². The lowest BCUT2D eigenvalue weighted by Gasteiger charge is -2.12. The van der Waals surface area contributed by atoms with Gasteiger partial charge in [0.15, 0.2) is 0 Å². The quantitative estimate of drug-likeness (QED) is 0.857. The summed E-state index contributed by atoms with van der Waals surface area (Å²) in [4.78, 5) is 11.2. The van der Waals surface area contributed by atoms with Crippen LogP contribution in [0.3, 0.4) is 0 Å². The van der Waals surface area contributed by atoms with Crippen molar-refractivity contribution in [3.8, 4) is 0 Å². The van der Waals surface area contributed by atoms with Crippen LogP contribution in [-0.4, -0.2) is 21.6 Å². The van der Waals surface area contributed by atoms with Crippen molar-refractivity contribution in [2.45, 2.75) is 32.0 Å². The Morgan fingerprint density at radius 1 is 1.39 bits per heavy atom. The van der Waals surface area contributed by atoms with Crippen LogP contribution in [0, 0.1) is 0 Å². The monoisotopic (exact) mass is 244 g/mol. The number of carbonyl (C=O) groups excluding carboxylic acids is 1. The van der Waals surface area contributed by atoms with Crippen molar-refractivity contribution < 1.29 is 9.90 Å². The molecule has 0 saturated carbocycles. The van der Waals surface area contributed by atoms with E-state index in [-0.39, 0.29) is 18.6 Å². The molecule has 0 aliphatic carbocycles. The fourth-order valence-corrected chi connectivity index (χ4v) is 2.64. The molecule has 1 aliphatic heterocycles. The number of aliphatic hydroxyl groups excluding tert-OH is 1. The van der Waals surface area contributed by atoms with Gasteiger partial charge < -0.3 is 15.0 Å². The van der Waals surface area contributed by atoms with E-state index in [1.807, 2.05) is 30.5 Å². The third kappa shape index (κ3) is 1.88. The Hall–Kier alpha value is -1.81. The van der Waals surface area contributed by atoms with Crippen molar-refractivity contribution in [3.05, 3.63) is 36.0 Å². The lowest BCUT2D eigenvalue weighted by Crippen LogP contribution is -2.29. The summed E-state index contributed by atoms with van der Waals surface area (Å²) in [7, 11) is 0. The number of benzene rings is 1. The van der Waals surface area contributed by atoms with Crippen LogP contribution in [0.15, 0.2) is 30.5 Å². The van der Waals surface area contributed by atoms with Gasteiger partial charge in [-0.05, 0) is 24.1 Å². The first-order valence-electron chi connectivity index (χ1n) is 6.25. The van der Waals surface area contributed by atoms with Gasteiger partial charge in [-0.2, -0.15) is 0 Å². The first-order chi connectivity index (χ1) is 8.78. The summed E-state index contributed by atoms with van der Waals surface area (Å²) in [5.41, 5.74) is 2.06. The van der Waals surface area contributed by atoms with E-state index in [1.54, 1.807) is 0 Å². The zero-order chi connectivity index (χ0) is 12.5. The van der Waals surface area contributed by atoms with Gasteiger partial charge in [0.2, 0.25) is 5.91 Å². The van der Waals surface area contributed by atoms with E-state index >= 15 is 0 Å². The highest BCUT2D eigenvalue weighted by atomic mass is 16.3. The Balaban J connectivity index is 1.91. The molecule has 1 aliphatic rings. The number of amides is 1. The van der Waals surface area contributed by atoms with E-state index in [9.17, 15) is 9.90 Å². The van der Waals surface area contributed by atoms with Gasteiger partial charge >= 0.3 is 0 Å². The largest absolute Gasteiger partial charge is 0.392 e. The van der Waals surface area contributed by atoms with Crippen LogP contribution in [0.25, 0.3) is 10.9 Å². The van der Waals surface area contributed by atoms with Crippen LogP contribution in [0.1, 0.15) is 18.4 Å². The Bertz CT molecular complexity index is 588. The minimum Gasteiger partial charge on any atom is -0.392 e. The summed E-state index contributed by atoms with van der Waals surface area (Å²) in [5.74, 6) is 0.146. The number of carbonyl (C=O) groups is 1. The molecule has 1 unspecified atom stereocenters. The van der Waals surface area contributed by atoms with Gasteiger partial charge in [-0.1, -0.05) is 12.1 Å².